The number of hydrogen-bond donors (Lipinski definition) is 0. The molecule has 0 saturated carbocycles. The first-order valence-corrected chi connectivity index (χ1v) is 8.01. The van der Waals surface area contributed by atoms with Gasteiger partial charge in [-0.2, -0.15) is 0 Å². The normalized spacial score (nSPS) is 12.2. The molecule has 23 heavy (non-hydrogen) atoms. The van der Waals surface area contributed by atoms with Crippen molar-refractivity contribution in [3.8, 4) is 5.75 Å². The first kappa shape index (κ1) is 17.5. The molecule has 2 nitrogen and oxygen atoms in total. The van der Waals surface area contributed by atoms with E-state index in [2.05, 4.69) is 0 Å². The van der Waals surface area contributed by atoms with E-state index in [0.717, 1.165) is 16.9 Å². The summed E-state index contributed by atoms with van der Waals surface area (Å²) in [6.45, 7) is 3.94. The van der Waals surface area contributed by atoms with Crippen LogP contribution in [0.4, 0.5) is 4.39 Å². The lowest BCUT2D eigenvalue weighted by molar-refractivity contribution is -0.115. The average Bonchev–Trinajstić information content (AvgIpc) is 2.50. The highest BCUT2D eigenvalue weighted by molar-refractivity contribution is 6.64. The molecule has 0 aliphatic heterocycles. The Morgan fingerprint density at radius 1 is 1.00 bits per heavy atom. The zero-order valence-corrected chi connectivity index (χ0v) is 14.0. The predicted octanol–water partition coefficient (Wildman–Crippen LogP) is 4.78. The second kappa shape index (κ2) is 8.11. The van der Waals surface area contributed by atoms with Crippen LogP contribution in [0.15, 0.2) is 48.5 Å². The van der Waals surface area contributed by atoms with Gasteiger partial charge in [0.25, 0.3) is 0 Å². The van der Waals surface area contributed by atoms with Crippen molar-refractivity contribution in [1.82, 2.24) is 0 Å². The van der Waals surface area contributed by atoms with Crippen LogP contribution < -0.4 is 4.74 Å². The summed E-state index contributed by atoms with van der Waals surface area (Å²) in [6, 6.07) is 13.8. The van der Waals surface area contributed by atoms with E-state index in [1.807, 2.05) is 38.1 Å². The van der Waals surface area contributed by atoms with Crippen LogP contribution in [0.25, 0.3) is 0 Å². The van der Waals surface area contributed by atoms with E-state index in [1.54, 1.807) is 12.1 Å². The van der Waals surface area contributed by atoms with Gasteiger partial charge in [-0.05, 0) is 73.7 Å². The average molecular weight is 335 g/mol. The number of halogens is 2. The first-order valence-electron chi connectivity index (χ1n) is 7.63. The maximum Gasteiger partial charge on any atom is 0.225 e. The minimum atomic E-state index is -0.378. The lowest BCUT2D eigenvalue weighted by Gasteiger charge is -2.14. The van der Waals surface area contributed by atoms with Crippen LogP contribution in [0.3, 0.4) is 0 Å². The van der Waals surface area contributed by atoms with Crippen LogP contribution in [-0.2, 0) is 17.6 Å². The molecule has 2 aromatic carbocycles. The Hall–Kier alpha value is -1.87. The Balaban J connectivity index is 2.04. The summed E-state index contributed by atoms with van der Waals surface area (Å²) >= 11 is 5.74. The second-order valence-corrected chi connectivity index (χ2v) is 6.22. The van der Waals surface area contributed by atoms with Gasteiger partial charge in [-0.25, -0.2) is 4.39 Å². The topological polar surface area (TPSA) is 26.3 Å². The van der Waals surface area contributed by atoms with Gasteiger partial charge in [0, 0.05) is 5.92 Å². The van der Waals surface area contributed by atoms with Gasteiger partial charge in [-0.15, -0.1) is 0 Å². The van der Waals surface area contributed by atoms with Crippen molar-refractivity contribution in [1.29, 1.82) is 0 Å². The molecule has 2 rings (SSSR count). The molecule has 2 aromatic rings. The number of rotatable bonds is 7. The molecule has 0 bridgehead atoms. The van der Waals surface area contributed by atoms with Gasteiger partial charge >= 0.3 is 0 Å². The third-order valence-corrected chi connectivity index (χ3v) is 3.80. The molecule has 1 atom stereocenters. The number of carbonyl (C=O) groups is 1. The van der Waals surface area contributed by atoms with E-state index in [0.29, 0.717) is 12.8 Å². The fraction of sp³-hybridized carbons (Fsp3) is 0.316. The quantitative estimate of drug-likeness (QED) is 0.681. The molecule has 0 aliphatic carbocycles. The summed E-state index contributed by atoms with van der Waals surface area (Å²) in [4.78, 5) is 11.7. The maximum atomic E-state index is 13.0. The zero-order valence-electron chi connectivity index (χ0n) is 13.3. The summed E-state index contributed by atoms with van der Waals surface area (Å²) in [5.41, 5.74) is 1.91. The monoisotopic (exact) mass is 334 g/mol. The summed E-state index contributed by atoms with van der Waals surface area (Å²) < 4.78 is 18.6. The number of hydrogen-bond acceptors (Lipinski definition) is 2. The van der Waals surface area contributed by atoms with Gasteiger partial charge in [0.1, 0.15) is 11.6 Å². The lowest BCUT2D eigenvalue weighted by atomic mass is 9.93. The van der Waals surface area contributed by atoms with Gasteiger partial charge in [-0.3, -0.25) is 4.79 Å². The van der Waals surface area contributed by atoms with Crippen molar-refractivity contribution in [3.63, 3.8) is 0 Å². The molecular formula is C19H20ClFO2. The van der Waals surface area contributed by atoms with Crippen LogP contribution >= 0.6 is 11.6 Å². The predicted molar refractivity (Wildman–Crippen MR) is 90.4 cm³/mol. The van der Waals surface area contributed by atoms with Crippen molar-refractivity contribution in [3.05, 3.63) is 65.5 Å². The Morgan fingerprint density at radius 3 is 1.91 bits per heavy atom. The smallest absolute Gasteiger partial charge is 0.225 e. The SMILES string of the molecule is CC(C)Oc1ccc(CC(Cc2ccc(F)cc2)C(=O)Cl)cc1. The molecule has 122 valence electrons. The summed E-state index contributed by atoms with van der Waals surface area (Å²) in [6.07, 6.45) is 1.16. The Bertz CT molecular complexity index is 635. The molecule has 0 radical (unpaired) electrons. The number of ether oxygens (including phenoxy) is 1. The summed E-state index contributed by atoms with van der Waals surface area (Å²) in [5.74, 6) is 0.179. The van der Waals surface area contributed by atoms with Crippen molar-refractivity contribution in [2.45, 2.75) is 32.8 Å². The van der Waals surface area contributed by atoms with Crippen LogP contribution in [0.1, 0.15) is 25.0 Å². The van der Waals surface area contributed by atoms with Crippen LogP contribution in [0.5, 0.6) is 5.75 Å². The fourth-order valence-electron chi connectivity index (χ4n) is 2.40. The molecule has 0 aliphatic rings. The summed E-state index contributed by atoms with van der Waals surface area (Å²) in [7, 11) is 0. The zero-order chi connectivity index (χ0) is 16.8. The van der Waals surface area contributed by atoms with E-state index in [-0.39, 0.29) is 23.1 Å². The fourth-order valence-corrected chi connectivity index (χ4v) is 2.55. The highest BCUT2D eigenvalue weighted by Gasteiger charge is 2.18. The summed E-state index contributed by atoms with van der Waals surface area (Å²) in [5, 5.41) is -0.378. The number of carbonyl (C=O) groups excluding carboxylic acids is 1. The lowest BCUT2D eigenvalue weighted by Crippen LogP contribution is -2.15. The Labute approximate surface area is 141 Å². The molecule has 0 aromatic heterocycles. The van der Waals surface area contributed by atoms with Crippen LogP contribution in [-0.4, -0.2) is 11.3 Å². The minimum absolute atomic E-state index is 0.122. The van der Waals surface area contributed by atoms with Crippen molar-refractivity contribution < 1.29 is 13.9 Å². The van der Waals surface area contributed by atoms with Gasteiger partial charge in [-0.1, -0.05) is 24.3 Å². The van der Waals surface area contributed by atoms with E-state index >= 15 is 0 Å². The van der Waals surface area contributed by atoms with E-state index in [4.69, 9.17) is 16.3 Å². The second-order valence-electron chi connectivity index (χ2n) is 5.85. The van der Waals surface area contributed by atoms with Crippen molar-refractivity contribution >= 4 is 16.8 Å². The third-order valence-electron chi connectivity index (χ3n) is 3.49. The van der Waals surface area contributed by atoms with Crippen molar-refractivity contribution in [2.24, 2.45) is 5.92 Å². The van der Waals surface area contributed by atoms with Crippen molar-refractivity contribution in [2.75, 3.05) is 0 Å². The van der Waals surface area contributed by atoms with Crippen LogP contribution in [0, 0.1) is 11.7 Å². The largest absolute Gasteiger partial charge is 0.491 e. The van der Waals surface area contributed by atoms with Crippen LogP contribution in [0.2, 0.25) is 0 Å². The molecular weight excluding hydrogens is 315 g/mol. The standard InChI is InChI=1S/C19H20ClFO2/c1-13(2)23-18-9-5-15(6-10-18)12-16(19(20)22)11-14-3-7-17(21)8-4-14/h3-10,13,16H,11-12H2,1-2H3. The minimum Gasteiger partial charge on any atom is -0.491 e. The molecule has 0 N–H and O–H groups in total. The molecule has 0 saturated heterocycles. The van der Waals surface area contributed by atoms with E-state index in [9.17, 15) is 9.18 Å². The molecule has 0 heterocycles. The molecule has 1 unspecified atom stereocenters. The van der Waals surface area contributed by atoms with Gasteiger partial charge in [0.2, 0.25) is 5.24 Å². The van der Waals surface area contributed by atoms with Gasteiger partial charge in [0.05, 0.1) is 6.10 Å². The first-order chi connectivity index (χ1) is 10.9. The molecule has 0 spiro atoms. The van der Waals surface area contributed by atoms with E-state index in [1.165, 1.54) is 12.1 Å². The Kier molecular flexibility index (Phi) is 6.17. The Morgan fingerprint density at radius 2 is 1.48 bits per heavy atom. The highest BCUT2D eigenvalue weighted by Crippen LogP contribution is 2.20. The molecule has 4 heteroatoms. The molecule has 0 fully saturated rings. The highest BCUT2D eigenvalue weighted by atomic mass is 35.5. The molecule has 0 amide bonds. The third kappa shape index (κ3) is 5.68. The van der Waals surface area contributed by atoms with E-state index < -0.39 is 0 Å². The van der Waals surface area contributed by atoms with Gasteiger partial charge < -0.3 is 4.74 Å². The maximum absolute atomic E-state index is 13.0. The number of benzene rings is 2. The van der Waals surface area contributed by atoms with Gasteiger partial charge in [0.15, 0.2) is 0 Å².